The summed E-state index contributed by atoms with van der Waals surface area (Å²) in [6.07, 6.45) is 6.10. The quantitative estimate of drug-likeness (QED) is 0.643. The lowest BCUT2D eigenvalue weighted by Gasteiger charge is -2.15. The van der Waals surface area contributed by atoms with Crippen LogP contribution >= 0.6 is 0 Å². The summed E-state index contributed by atoms with van der Waals surface area (Å²) in [4.78, 5) is 0. The molecule has 0 spiro atoms. The van der Waals surface area contributed by atoms with E-state index in [2.05, 4.69) is 43.7 Å². The van der Waals surface area contributed by atoms with Crippen LogP contribution in [-0.2, 0) is 0 Å². The van der Waals surface area contributed by atoms with Gasteiger partial charge in [0, 0.05) is 17.9 Å². The molecule has 0 aromatic carbocycles. The molecule has 0 amide bonds. The molecule has 1 atom stereocenters. The van der Waals surface area contributed by atoms with Crippen LogP contribution in [0.2, 0.25) is 0 Å². The third-order valence-corrected chi connectivity index (χ3v) is 2.44. The Hall–Kier alpha value is -0.720. The van der Waals surface area contributed by atoms with Gasteiger partial charge in [0.1, 0.15) is 0 Å². The molecule has 1 nitrogen and oxygen atoms in total. The topological polar surface area (TPSA) is 4.93 Å². The van der Waals surface area contributed by atoms with Gasteiger partial charge in [0.15, 0.2) is 0 Å². The Morgan fingerprint density at radius 2 is 2.25 bits per heavy atom. The van der Waals surface area contributed by atoms with E-state index in [0.717, 1.165) is 0 Å². The first-order valence-corrected chi connectivity index (χ1v) is 4.89. The number of hydrogen-bond donors (Lipinski definition) is 0. The zero-order chi connectivity index (χ0) is 8.97. The van der Waals surface area contributed by atoms with Crippen LogP contribution in [0.5, 0.6) is 0 Å². The first-order valence-electron chi connectivity index (χ1n) is 4.89. The van der Waals surface area contributed by atoms with E-state index in [1.807, 2.05) is 0 Å². The molecule has 0 bridgehead atoms. The first-order chi connectivity index (χ1) is 5.75. The van der Waals surface area contributed by atoms with E-state index in [4.69, 9.17) is 0 Å². The summed E-state index contributed by atoms with van der Waals surface area (Å²) in [5.41, 5.74) is 1.37. The van der Waals surface area contributed by atoms with Crippen molar-refractivity contribution >= 4 is 0 Å². The number of nitrogens with zero attached hydrogens (tertiary/aromatic N) is 1. The van der Waals surface area contributed by atoms with E-state index in [9.17, 15) is 0 Å². The maximum Gasteiger partial charge on any atom is 0.0304 e. The van der Waals surface area contributed by atoms with Crippen molar-refractivity contribution in [2.75, 3.05) is 0 Å². The van der Waals surface area contributed by atoms with Gasteiger partial charge in [-0.05, 0) is 32.4 Å². The number of unbranched alkanes of at least 4 members (excludes halogenated alkanes) is 1. The minimum atomic E-state index is 0.667. The fourth-order valence-corrected chi connectivity index (χ4v) is 1.61. The molecule has 0 saturated carbocycles. The summed E-state index contributed by atoms with van der Waals surface area (Å²) in [5, 5.41) is 0. The molecule has 1 heteroatoms. The van der Waals surface area contributed by atoms with Crippen molar-refractivity contribution in [1.82, 2.24) is 4.57 Å². The fourth-order valence-electron chi connectivity index (χ4n) is 1.61. The highest BCUT2D eigenvalue weighted by atomic mass is 15.0. The smallest absolute Gasteiger partial charge is 0.0304 e. The standard InChI is InChI=1S/C11H19N/c1-4-5-7-10(2)12-9-6-8-11(12)3/h6,8-10H,4-5,7H2,1-3H3. The van der Waals surface area contributed by atoms with Crippen molar-refractivity contribution in [2.45, 2.75) is 46.1 Å². The molecule has 1 rings (SSSR count). The van der Waals surface area contributed by atoms with Gasteiger partial charge in [0.25, 0.3) is 0 Å². The lowest BCUT2D eigenvalue weighted by Crippen LogP contribution is -2.04. The summed E-state index contributed by atoms with van der Waals surface area (Å²) in [6, 6.07) is 4.96. The number of rotatable bonds is 4. The van der Waals surface area contributed by atoms with Crippen LogP contribution in [0.25, 0.3) is 0 Å². The summed E-state index contributed by atoms with van der Waals surface area (Å²) in [7, 11) is 0. The monoisotopic (exact) mass is 165 g/mol. The SMILES string of the molecule is CCCCC(C)n1cccc1C. The van der Waals surface area contributed by atoms with Crippen molar-refractivity contribution in [3.63, 3.8) is 0 Å². The summed E-state index contributed by atoms with van der Waals surface area (Å²) in [6.45, 7) is 6.71. The Bertz CT molecular complexity index is 225. The number of hydrogen-bond acceptors (Lipinski definition) is 0. The lowest BCUT2D eigenvalue weighted by atomic mass is 10.1. The highest BCUT2D eigenvalue weighted by Gasteiger charge is 2.03. The molecule has 1 heterocycles. The zero-order valence-corrected chi connectivity index (χ0v) is 8.38. The van der Waals surface area contributed by atoms with Crippen molar-refractivity contribution in [3.8, 4) is 0 Å². The lowest BCUT2D eigenvalue weighted by molar-refractivity contribution is 0.479. The third kappa shape index (κ3) is 2.13. The molecule has 68 valence electrons. The average molecular weight is 165 g/mol. The van der Waals surface area contributed by atoms with Gasteiger partial charge in [0.05, 0.1) is 0 Å². The average Bonchev–Trinajstić information content (AvgIpc) is 2.47. The second-order valence-electron chi connectivity index (χ2n) is 3.55. The summed E-state index contributed by atoms with van der Waals surface area (Å²) in [5.74, 6) is 0. The Kier molecular flexibility index (Phi) is 3.39. The molecule has 0 radical (unpaired) electrons. The van der Waals surface area contributed by atoms with Crippen LogP contribution < -0.4 is 0 Å². The molecule has 1 aromatic rings. The van der Waals surface area contributed by atoms with Crippen LogP contribution in [0, 0.1) is 6.92 Å². The predicted octanol–water partition coefficient (Wildman–Crippen LogP) is 3.55. The van der Waals surface area contributed by atoms with Crippen molar-refractivity contribution in [1.29, 1.82) is 0 Å². The fraction of sp³-hybridized carbons (Fsp3) is 0.636. The van der Waals surface area contributed by atoms with Crippen LogP contribution in [0.3, 0.4) is 0 Å². The van der Waals surface area contributed by atoms with E-state index < -0.39 is 0 Å². The van der Waals surface area contributed by atoms with Crippen LogP contribution in [0.15, 0.2) is 18.3 Å². The van der Waals surface area contributed by atoms with Crippen LogP contribution in [0.4, 0.5) is 0 Å². The van der Waals surface area contributed by atoms with Gasteiger partial charge in [-0.15, -0.1) is 0 Å². The molecule has 1 unspecified atom stereocenters. The summed E-state index contributed by atoms with van der Waals surface area (Å²) < 4.78 is 2.36. The van der Waals surface area contributed by atoms with Gasteiger partial charge in [-0.1, -0.05) is 19.8 Å². The molecular formula is C11H19N. The Balaban J connectivity index is 2.52. The van der Waals surface area contributed by atoms with Crippen molar-refractivity contribution < 1.29 is 0 Å². The molecule has 0 aliphatic rings. The maximum absolute atomic E-state index is 2.36. The Morgan fingerprint density at radius 3 is 2.75 bits per heavy atom. The third-order valence-electron chi connectivity index (χ3n) is 2.44. The molecule has 1 aromatic heterocycles. The van der Waals surface area contributed by atoms with E-state index in [1.54, 1.807) is 0 Å². The van der Waals surface area contributed by atoms with Gasteiger partial charge in [0.2, 0.25) is 0 Å². The van der Waals surface area contributed by atoms with Gasteiger partial charge >= 0.3 is 0 Å². The van der Waals surface area contributed by atoms with Gasteiger partial charge in [-0.3, -0.25) is 0 Å². The number of aromatic nitrogens is 1. The molecule has 0 fully saturated rings. The predicted molar refractivity (Wildman–Crippen MR) is 53.4 cm³/mol. The van der Waals surface area contributed by atoms with Gasteiger partial charge in [-0.25, -0.2) is 0 Å². The molecule has 0 aliphatic heterocycles. The zero-order valence-electron chi connectivity index (χ0n) is 8.38. The molecular weight excluding hydrogens is 146 g/mol. The summed E-state index contributed by atoms with van der Waals surface area (Å²) >= 11 is 0. The van der Waals surface area contributed by atoms with E-state index in [0.29, 0.717) is 6.04 Å². The first kappa shape index (κ1) is 9.37. The van der Waals surface area contributed by atoms with E-state index in [-0.39, 0.29) is 0 Å². The minimum Gasteiger partial charge on any atom is -0.349 e. The van der Waals surface area contributed by atoms with Crippen molar-refractivity contribution in [2.24, 2.45) is 0 Å². The highest BCUT2D eigenvalue weighted by molar-refractivity contribution is 5.05. The normalized spacial score (nSPS) is 13.2. The van der Waals surface area contributed by atoms with Crippen LogP contribution in [-0.4, -0.2) is 4.57 Å². The van der Waals surface area contributed by atoms with Crippen molar-refractivity contribution in [3.05, 3.63) is 24.0 Å². The minimum absolute atomic E-state index is 0.667. The molecule has 0 saturated heterocycles. The highest BCUT2D eigenvalue weighted by Crippen LogP contribution is 2.16. The van der Waals surface area contributed by atoms with E-state index in [1.165, 1.54) is 25.0 Å². The second kappa shape index (κ2) is 4.34. The Morgan fingerprint density at radius 1 is 1.50 bits per heavy atom. The molecule has 0 aliphatic carbocycles. The van der Waals surface area contributed by atoms with Crippen LogP contribution in [0.1, 0.15) is 44.8 Å². The second-order valence-corrected chi connectivity index (χ2v) is 3.55. The largest absolute Gasteiger partial charge is 0.349 e. The van der Waals surface area contributed by atoms with Gasteiger partial charge in [-0.2, -0.15) is 0 Å². The molecule has 0 N–H and O–H groups in total. The van der Waals surface area contributed by atoms with Gasteiger partial charge < -0.3 is 4.57 Å². The number of aryl methyl sites for hydroxylation is 1. The van der Waals surface area contributed by atoms with E-state index >= 15 is 0 Å². The maximum atomic E-state index is 2.36. The molecule has 12 heavy (non-hydrogen) atoms. The Labute approximate surface area is 75.4 Å².